The van der Waals surface area contributed by atoms with Crippen LogP contribution in [0.1, 0.15) is 22.8 Å². The molecule has 1 aromatic rings. The van der Waals surface area contributed by atoms with E-state index in [0.29, 0.717) is 24.3 Å². The predicted molar refractivity (Wildman–Crippen MR) is 59.5 cm³/mol. The van der Waals surface area contributed by atoms with Crippen molar-refractivity contribution in [1.82, 2.24) is 0 Å². The van der Waals surface area contributed by atoms with Crippen molar-refractivity contribution in [1.29, 1.82) is 0 Å². The lowest BCUT2D eigenvalue weighted by atomic mass is 9.98. The molecule has 4 nitrogen and oxygen atoms in total. The number of hydrogen-bond donors (Lipinski definition) is 1. The van der Waals surface area contributed by atoms with Gasteiger partial charge in [-0.3, -0.25) is 0 Å². The average molecular weight is 239 g/mol. The number of carbonyl (C=O) groups excluding carboxylic acids is 1. The van der Waals surface area contributed by atoms with Gasteiger partial charge in [0, 0.05) is 18.5 Å². The van der Waals surface area contributed by atoms with Crippen LogP contribution in [-0.2, 0) is 11.2 Å². The molecule has 5 heteroatoms. The molecule has 0 aromatic heterocycles. The maximum atomic E-state index is 13.4. The normalized spacial score (nSPS) is 21.9. The van der Waals surface area contributed by atoms with Crippen molar-refractivity contribution in [2.24, 2.45) is 5.73 Å². The summed E-state index contributed by atoms with van der Waals surface area (Å²) in [5.74, 6) is -0.706. The fraction of sp³-hybridized carbons (Fsp3) is 0.417. The molecule has 0 fully saturated rings. The summed E-state index contributed by atoms with van der Waals surface area (Å²) in [5, 5.41) is 0. The zero-order chi connectivity index (χ0) is 12.6. The molecular formula is C12H14FNO3. The fourth-order valence-corrected chi connectivity index (χ4v) is 1.96. The number of halogens is 1. The number of fused-ring (bicyclic) bond motifs is 1. The van der Waals surface area contributed by atoms with Crippen molar-refractivity contribution in [2.45, 2.75) is 18.9 Å². The van der Waals surface area contributed by atoms with Crippen LogP contribution in [-0.4, -0.2) is 25.2 Å². The molecule has 0 spiro atoms. The van der Waals surface area contributed by atoms with Gasteiger partial charge < -0.3 is 15.2 Å². The van der Waals surface area contributed by atoms with Gasteiger partial charge in [-0.1, -0.05) is 0 Å². The van der Waals surface area contributed by atoms with E-state index in [2.05, 4.69) is 4.74 Å². The minimum absolute atomic E-state index is 0.111. The van der Waals surface area contributed by atoms with Gasteiger partial charge in [0.2, 0.25) is 0 Å². The standard InChI is InChI=1S/C12H14FNO3/c1-12(6-14)5-7-3-8(13)4-9(10(7)17-12)11(15)16-2/h3-4H,5-6,14H2,1-2H3. The molecule has 0 saturated carbocycles. The third kappa shape index (κ3) is 1.98. The molecule has 0 saturated heterocycles. The predicted octanol–water partition coefficient (Wildman–Crippen LogP) is 1.26. The highest BCUT2D eigenvalue weighted by molar-refractivity contribution is 5.93. The summed E-state index contributed by atoms with van der Waals surface area (Å²) in [6.45, 7) is 2.12. The minimum atomic E-state index is -0.609. The quantitative estimate of drug-likeness (QED) is 0.789. The number of nitrogens with two attached hydrogens (primary N) is 1. The van der Waals surface area contributed by atoms with E-state index in [-0.39, 0.29) is 5.56 Å². The van der Waals surface area contributed by atoms with Crippen molar-refractivity contribution in [3.05, 3.63) is 29.1 Å². The third-order valence-electron chi connectivity index (χ3n) is 2.88. The second-order valence-corrected chi connectivity index (χ2v) is 4.37. The molecule has 2 N–H and O–H groups in total. The van der Waals surface area contributed by atoms with Crippen LogP contribution < -0.4 is 10.5 Å². The molecule has 17 heavy (non-hydrogen) atoms. The van der Waals surface area contributed by atoms with Crippen LogP contribution in [0, 0.1) is 5.82 Å². The zero-order valence-corrected chi connectivity index (χ0v) is 9.75. The van der Waals surface area contributed by atoms with E-state index >= 15 is 0 Å². The summed E-state index contributed by atoms with van der Waals surface area (Å²) in [7, 11) is 1.25. The molecule has 1 aliphatic heterocycles. The summed E-state index contributed by atoms with van der Waals surface area (Å²) in [4.78, 5) is 11.5. The molecule has 1 unspecified atom stereocenters. The van der Waals surface area contributed by atoms with Gasteiger partial charge in [0.05, 0.1) is 7.11 Å². The first kappa shape index (κ1) is 11.9. The van der Waals surface area contributed by atoms with Crippen LogP contribution >= 0.6 is 0 Å². The maximum absolute atomic E-state index is 13.4. The van der Waals surface area contributed by atoms with Crippen LogP contribution in [0.15, 0.2) is 12.1 Å². The highest BCUT2D eigenvalue weighted by atomic mass is 19.1. The zero-order valence-electron chi connectivity index (χ0n) is 9.75. The second-order valence-electron chi connectivity index (χ2n) is 4.37. The molecule has 0 radical (unpaired) electrons. The lowest BCUT2D eigenvalue weighted by molar-refractivity contribution is 0.0587. The van der Waals surface area contributed by atoms with Crippen molar-refractivity contribution < 1.29 is 18.7 Å². The van der Waals surface area contributed by atoms with E-state index < -0.39 is 17.4 Å². The smallest absolute Gasteiger partial charge is 0.341 e. The van der Waals surface area contributed by atoms with E-state index in [0.717, 1.165) is 6.07 Å². The van der Waals surface area contributed by atoms with E-state index in [1.165, 1.54) is 13.2 Å². The Bertz CT molecular complexity index is 475. The number of benzene rings is 1. The minimum Gasteiger partial charge on any atom is -0.485 e. The van der Waals surface area contributed by atoms with Gasteiger partial charge in [-0.05, 0) is 19.1 Å². The van der Waals surface area contributed by atoms with Gasteiger partial charge in [0.1, 0.15) is 22.7 Å². The maximum Gasteiger partial charge on any atom is 0.341 e. The van der Waals surface area contributed by atoms with Crippen LogP contribution in [0.3, 0.4) is 0 Å². The van der Waals surface area contributed by atoms with Crippen LogP contribution in [0.4, 0.5) is 4.39 Å². The number of ether oxygens (including phenoxy) is 2. The number of rotatable bonds is 2. The highest BCUT2D eigenvalue weighted by Crippen LogP contribution is 2.38. The molecular weight excluding hydrogens is 225 g/mol. The lowest BCUT2D eigenvalue weighted by Gasteiger charge is -2.21. The van der Waals surface area contributed by atoms with Crippen LogP contribution in [0.25, 0.3) is 0 Å². The Morgan fingerprint density at radius 3 is 2.94 bits per heavy atom. The summed E-state index contributed by atoms with van der Waals surface area (Å²) in [6.07, 6.45) is 0.487. The van der Waals surface area contributed by atoms with Gasteiger partial charge in [-0.2, -0.15) is 0 Å². The van der Waals surface area contributed by atoms with Crippen LogP contribution in [0.5, 0.6) is 5.75 Å². The van der Waals surface area contributed by atoms with Crippen molar-refractivity contribution in [3.8, 4) is 5.75 Å². The van der Waals surface area contributed by atoms with E-state index in [4.69, 9.17) is 10.5 Å². The molecule has 1 atom stereocenters. The van der Waals surface area contributed by atoms with Gasteiger partial charge >= 0.3 is 5.97 Å². The van der Waals surface area contributed by atoms with E-state index in [1.54, 1.807) is 0 Å². The molecule has 0 aliphatic carbocycles. The lowest BCUT2D eigenvalue weighted by Crippen LogP contribution is -2.39. The second kappa shape index (κ2) is 4.00. The molecule has 92 valence electrons. The monoisotopic (exact) mass is 239 g/mol. The van der Waals surface area contributed by atoms with Gasteiger partial charge in [0.25, 0.3) is 0 Å². The van der Waals surface area contributed by atoms with Crippen molar-refractivity contribution >= 4 is 5.97 Å². The Balaban J connectivity index is 2.50. The number of methoxy groups -OCH3 is 1. The third-order valence-corrected chi connectivity index (χ3v) is 2.88. The van der Waals surface area contributed by atoms with Gasteiger partial charge in [0.15, 0.2) is 0 Å². The topological polar surface area (TPSA) is 61.5 Å². The number of esters is 1. The molecule has 1 heterocycles. The van der Waals surface area contributed by atoms with Gasteiger partial charge in [-0.15, -0.1) is 0 Å². The Kier molecular flexibility index (Phi) is 2.79. The molecule has 0 amide bonds. The number of carbonyl (C=O) groups is 1. The van der Waals surface area contributed by atoms with E-state index in [1.807, 2.05) is 6.92 Å². The average Bonchev–Trinajstić information content (AvgIpc) is 2.64. The fourth-order valence-electron chi connectivity index (χ4n) is 1.96. The first-order valence-electron chi connectivity index (χ1n) is 5.29. The summed E-state index contributed by atoms with van der Waals surface area (Å²) >= 11 is 0. The summed E-state index contributed by atoms with van der Waals surface area (Å²) in [5.41, 5.74) is 5.79. The molecule has 1 aromatic carbocycles. The van der Waals surface area contributed by atoms with Crippen molar-refractivity contribution in [2.75, 3.05) is 13.7 Å². The summed E-state index contributed by atoms with van der Waals surface area (Å²) in [6, 6.07) is 2.48. The largest absolute Gasteiger partial charge is 0.485 e. The first-order chi connectivity index (χ1) is 7.99. The molecule has 1 aliphatic rings. The van der Waals surface area contributed by atoms with Crippen LogP contribution in [0.2, 0.25) is 0 Å². The molecule has 2 rings (SSSR count). The number of hydrogen-bond acceptors (Lipinski definition) is 4. The SMILES string of the molecule is COC(=O)c1cc(F)cc2c1OC(C)(CN)C2. The first-order valence-corrected chi connectivity index (χ1v) is 5.29. The van der Waals surface area contributed by atoms with Gasteiger partial charge in [-0.25, -0.2) is 9.18 Å². The Morgan fingerprint density at radius 1 is 1.65 bits per heavy atom. The molecule has 0 bridgehead atoms. The Hall–Kier alpha value is -1.62. The Morgan fingerprint density at radius 2 is 2.35 bits per heavy atom. The van der Waals surface area contributed by atoms with E-state index in [9.17, 15) is 9.18 Å². The highest BCUT2D eigenvalue weighted by Gasteiger charge is 2.36. The summed E-state index contributed by atoms with van der Waals surface area (Å²) < 4.78 is 23.6. The Labute approximate surface area is 98.5 Å². The van der Waals surface area contributed by atoms with Crippen molar-refractivity contribution in [3.63, 3.8) is 0 Å².